The fourth-order valence-corrected chi connectivity index (χ4v) is 4.59. The Balaban J connectivity index is 1.74. The van der Waals surface area contributed by atoms with Crippen LogP contribution in [0.15, 0.2) is 48.6 Å². The van der Waals surface area contributed by atoms with Gasteiger partial charge in [0.1, 0.15) is 37.2 Å². The summed E-state index contributed by atoms with van der Waals surface area (Å²) in [5.74, 6) is -2.00. The molecule has 44 heavy (non-hydrogen) atoms. The molecule has 1 aliphatic rings. The predicted octanol–water partition coefficient (Wildman–Crippen LogP) is 3.12. The molecule has 0 radical (unpaired) electrons. The molecule has 1 aromatic carbocycles. The normalized spacial score (nSPS) is 22.5. The zero-order valence-electron chi connectivity index (χ0n) is 24.4. The standard InChI is InChI=1S/C29H39F3N2O10/c1-18(44-34(40)41)16-43-28(39)19(2)33-27(38)11-6-4-3-5-10-23-24(26(37)15-25(23)36)13-12-21(35)17-42-22-9-7-8-20(14-22)29(30,31)32/h3,5,7-9,12-14,18-19,21,23-26,35-37H,4,6,10-11,15-17H2,1-2H3,(H,33,38)/b5-3-,13-12+/t18?,19?,21-,23-,24-,25+,26-/m1/s1. The van der Waals surface area contributed by atoms with E-state index in [1.807, 2.05) is 12.2 Å². The lowest BCUT2D eigenvalue weighted by Gasteiger charge is -2.19. The average Bonchev–Trinajstić information content (AvgIpc) is 3.21. The highest BCUT2D eigenvalue weighted by Crippen LogP contribution is 2.36. The number of esters is 1. The topological polar surface area (TPSA) is 178 Å². The number of alkyl halides is 3. The van der Waals surface area contributed by atoms with Gasteiger partial charge in [-0.25, -0.2) is 4.79 Å². The van der Waals surface area contributed by atoms with Gasteiger partial charge in [0.25, 0.3) is 5.09 Å². The summed E-state index contributed by atoms with van der Waals surface area (Å²) >= 11 is 0. The molecule has 7 atom stereocenters. The number of rotatable bonds is 17. The zero-order valence-corrected chi connectivity index (χ0v) is 24.4. The molecule has 1 saturated carbocycles. The number of unbranched alkanes of at least 4 members (excludes halogenated alkanes) is 1. The largest absolute Gasteiger partial charge is 0.491 e. The molecular formula is C29H39F3N2O10. The maximum Gasteiger partial charge on any atom is 0.416 e. The van der Waals surface area contributed by atoms with E-state index < -0.39 is 59.2 Å². The van der Waals surface area contributed by atoms with Gasteiger partial charge < -0.3 is 34.9 Å². The van der Waals surface area contributed by atoms with E-state index in [4.69, 9.17) is 9.47 Å². The maximum absolute atomic E-state index is 12.9. The quantitative estimate of drug-likeness (QED) is 0.0656. The summed E-state index contributed by atoms with van der Waals surface area (Å²) < 4.78 is 48.8. The van der Waals surface area contributed by atoms with E-state index in [-0.39, 0.29) is 43.6 Å². The molecule has 246 valence electrons. The molecule has 0 saturated heterocycles. The molecule has 2 unspecified atom stereocenters. The van der Waals surface area contributed by atoms with Crippen molar-refractivity contribution >= 4 is 11.9 Å². The van der Waals surface area contributed by atoms with Gasteiger partial charge in [0.2, 0.25) is 5.91 Å². The lowest BCUT2D eigenvalue weighted by Crippen LogP contribution is -2.40. The van der Waals surface area contributed by atoms with Crippen molar-refractivity contribution in [2.24, 2.45) is 11.8 Å². The second-order valence-electron chi connectivity index (χ2n) is 10.6. The van der Waals surface area contributed by atoms with Crippen LogP contribution in [0.3, 0.4) is 0 Å². The molecule has 1 fully saturated rings. The van der Waals surface area contributed by atoms with Crippen molar-refractivity contribution in [3.8, 4) is 5.75 Å². The third-order valence-corrected chi connectivity index (χ3v) is 6.86. The van der Waals surface area contributed by atoms with E-state index in [0.717, 1.165) is 12.1 Å². The summed E-state index contributed by atoms with van der Waals surface area (Å²) in [5.41, 5.74) is -0.870. The van der Waals surface area contributed by atoms with Crippen molar-refractivity contribution in [3.05, 3.63) is 64.2 Å². The lowest BCUT2D eigenvalue weighted by atomic mass is 9.89. The molecule has 15 heteroatoms. The molecule has 1 aromatic rings. The van der Waals surface area contributed by atoms with E-state index in [2.05, 4.69) is 10.2 Å². The van der Waals surface area contributed by atoms with Crippen molar-refractivity contribution in [1.82, 2.24) is 5.32 Å². The van der Waals surface area contributed by atoms with Gasteiger partial charge in [-0.3, -0.25) is 4.79 Å². The molecule has 1 aliphatic carbocycles. The van der Waals surface area contributed by atoms with Crippen LogP contribution in [-0.4, -0.2) is 76.0 Å². The Morgan fingerprint density at radius 3 is 2.59 bits per heavy atom. The minimum Gasteiger partial charge on any atom is -0.491 e. The lowest BCUT2D eigenvalue weighted by molar-refractivity contribution is -0.767. The van der Waals surface area contributed by atoms with Crippen molar-refractivity contribution < 1.29 is 57.5 Å². The van der Waals surface area contributed by atoms with Crippen LogP contribution in [0.5, 0.6) is 5.75 Å². The SMILES string of the molecule is CC(COC(=O)C(C)NC(=O)CCC/C=C\C[C@@H]1[C@@H](/C=C/[C@@H](O)COc2cccc(C(F)(F)F)c2)[C@H](O)C[C@@H]1O)O[N+](=O)[O-]. The minimum atomic E-state index is -4.52. The predicted molar refractivity (Wildman–Crippen MR) is 149 cm³/mol. The number of aliphatic hydroxyl groups excluding tert-OH is 3. The first-order valence-corrected chi connectivity index (χ1v) is 14.1. The summed E-state index contributed by atoms with van der Waals surface area (Å²) in [6.07, 6.45) is 0.0259. The highest BCUT2D eigenvalue weighted by Gasteiger charge is 2.39. The average molecular weight is 633 g/mol. The van der Waals surface area contributed by atoms with Crippen LogP contribution < -0.4 is 10.1 Å². The highest BCUT2D eigenvalue weighted by atomic mass is 19.4. The molecular weight excluding hydrogens is 593 g/mol. The Morgan fingerprint density at radius 2 is 1.91 bits per heavy atom. The number of carbonyl (C=O) groups excluding carboxylic acids is 2. The summed E-state index contributed by atoms with van der Waals surface area (Å²) in [5, 5.41) is 42.8. The third-order valence-electron chi connectivity index (χ3n) is 6.86. The number of amides is 1. The molecule has 0 bridgehead atoms. The Kier molecular flexibility index (Phi) is 14.6. The van der Waals surface area contributed by atoms with E-state index >= 15 is 0 Å². The molecule has 4 N–H and O–H groups in total. The van der Waals surface area contributed by atoms with Gasteiger partial charge in [-0.2, -0.15) is 13.2 Å². The number of halogens is 3. The molecule has 1 amide bonds. The second kappa shape index (κ2) is 17.6. The number of ether oxygens (including phenoxy) is 2. The number of benzene rings is 1. The summed E-state index contributed by atoms with van der Waals surface area (Å²) in [6.45, 7) is 2.13. The van der Waals surface area contributed by atoms with Crippen LogP contribution >= 0.6 is 0 Å². The smallest absolute Gasteiger partial charge is 0.416 e. The van der Waals surface area contributed by atoms with Crippen molar-refractivity contribution in [1.29, 1.82) is 0 Å². The van der Waals surface area contributed by atoms with Crippen molar-refractivity contribution in [3.63, 3.8) is 0 Å². The van der Waals surface area contributed by atoms with Crippen molar-refractivity contribution in [2.45, 2.75) is 82.6 Å². The van der Waals surface area contributed by atoms with Gasteiger partial charge in [0, 0.05) is 18.8 Å². The number of hydrogen-bond donors (Lipinski definition) is 4. The molecule has 2 rings (SSSR count). The highest BCUT2D eigenvalue weighted by molar-refractivity contribution is 5.84. The van der Waals surface area contributed by atoms with Gasteiger partial charge >= 0.3 is 12.1 Å². The Hall–Kier alpha value is -3.69. The summed E-state index contributed by atoms with van der Waals surface area (Å²) in [4.78, 5) is 38.5. The monoisotopic (exact) mass is 632 g/mol. The number of carbonyl (C=O) groups is 2. The van der Waals surface area contributed by atoms with Gasteiger partial charge in [-0.15, -0.1) is 10.1 Å². The molecule has 0 aliphatic heterocycles. The van der Waals surface area contributed by atoms with E-state index in [0.29, 0.717) is 19.3 Å². The Morgan fingerprint density at radius 1 is 1.18 bits per heavy atom. The van der Waals surface area contributed by atoms with Crippen LogP contribution in [0.4, 0.5) is 13.2 Å². The fraction of sp³-hybridized carbons (Fsp3) is 0.586. The van der Waals surface area contributed by atoms with Gasteiger partial charge in [0.15, 0.2) is 0 Å². The van der Waals surface area contributed by atoms with Gasteiger partial charge in [-0.05, 0) is 57.2 Å². The van der Waals surface area contributed by atoms with Crippen LogP contribution in [-0.2, 0) is 25.3 Å². The van der Waals surface area contributed by atoms with Crippen LogP contribution in [0.25, 0.3) is 0 Å². The third kappa shape index (κ3) is 12.9. The van der Waals surface area contributed by atoms with Gasteiger partial charge in [-0.1, -0.05) is 30.4 Å². The first-order chi connectivity index (χ1) is 20.7. The maximum atomic E-state index is 12.9. The van der Waals surface area contributed by atoms with Gasteiger partial charge in [0.05, 0.1) is 17.8 Å². The molecule has 0 spiro atoms. The van der Waals surface area contributed by atoms with Crippen LogP contribution in [0.2, 0.25) is 0 Å². The van der Waals surface area contributed by atoms with E-state index in [1.54, 1.807) is 6.08 Å². The number of hydrogen-bond acceptors (Lipinski definition) is 10. The summed E-state index contributed by atoms with van der Waals surface area (Å²) in [7, 11) is 0. The second-order valence-corrected chi connectivity index (χ2v) is 10.6. The molecule has 0 aromatic heterocycles. The van der Waals surface area contributed by atoms with E-state index in [1.165, 1.54) is 32.1 Å². The zero-order chi connectivity index (χ0) is 32.9. The number of allylic oxidation sites excluding steroid dienone is 2. The number of aliphatic hydroxyl groups is 3. The first-order valence-electron chi connectivity index (χ1n) is 14.1. The first kappa shape index (κ1) is 36.5. The Bertz CT molecular complexity index is 1150. The minimum absolute atomic E-state index is 0.0475. The summed E-state index contributed by atoms with van der Waals surface area (Å²) in [6, 6.07) is 3.34. The Labute approximate surface area is 252 Å². The van der Waals surface area contributed by atoms with E-state index in [9.17, 15) is 48.2 Å². The van der Waals surface area contributed by atoms with Crippen molar-refractivity contribution in [2.75, 3.05) is 13.2 Å². The number of nitrogens with zero attached hydrogens (tertiary/aromatic N) is 1. The number of nitrogens with one attached hydrogen (secondary N) is 1. The molecule has 0 heterocycles. The van der Waals surface area contributed by atoms with Crippen LogP contribution in [0.1, 0.15) is 51.5 Å². The van der Waals surface area contributed by atoms with Crippen LogP contribution in [0, 0.1) is 22.0 Å². The fourth-order valence-electron chi connectivity index (χ4n) is 4.59. The molecule has 12 nitrogen and oxygen atoms in total.